The second-order valence-corrected chi connectivity index (χ2v) is 15.7. The van der Waals surface area contributed by atoms with Crippen molar-refractivity contribution in [1.29, 1.82) is 0 Å². The van der Waals surface area contributed by atoms with Crippen molar-refractivity contribution in [3.8, 4) is 5.75 Å². The number of ether oxygens (including phenoxy) is 1. The maximum Gasteiger partial charge on any atom is 0.191 e. The van der Waals surface area contributed by atoms with E-state index in [1.807, 2.05) is 0 Å². The van der Waals surface area contributed by atoms with E-state index in [9.17, 15) is 0 Å². The lowest BCUT2D eigenvalue weighted by molar-refractivity contribution is 0.153. The molecular formula is C33H38O2Si. The second kappa shape index (κ2) is 10.9. The summed E-state index contributed by atoms with van der Waals surface area (Å²) < 4.78 is 13.7. The van der Waals surface area contributed by atoms with Crippen molar-refractivity contribution < 1.29 is 9.16 Å². The quantitative estimate of drug-likeness (QED) is 0.171. The molecule has 0 aliphatic carbocycles. The Balaban J connectivity index is 1.77. The molecule has 0 saturated carbocycles. The normalized spacial score (nSPS) is 12.4. The summed E-state index contributed by atoms with van der Waals surface area (Å²) in [5, 5.41) is 0.187. The first-order valence-corrected chi connectivity index (χ1v) is 15.7. The van der Waals surface area contributed by atoms with Crippen molar-refractivity contribution in [2.75, 3.05) is 6.61 Å². The standard InChI is InChI=1S/C33H38O2Si/c1-32(2,3)36(4,5)34-26-25-27-17-15-16-24-31(27)35-33(28-18-9-6-10-19-28,29-20-11-7-12-21-29)30-22-13-8-14-23-30/h6-24H,25-26H2,1-5H3. The molecule has 0 spiro atoms. The molecule has 4 rings (SSSR count). The smallest absolute Gasteiger partial charge is 0.191 e. The van der Waals surface area contributed by atoms with E-state index in [0.717, 1.165) is 34.4 Å². The van der Waals surface area contributed by atoms with Crippen molar-refractivity contribution in [2.45, 2.75) is 50.9 Å². The Hall–Kier alpha value is -3.14. The lowest BCUT2D eigenvalue weighted by Gasteiger charge is -2.37. The summed E-state index contributed by atoms with van der Waals surface area (Å²) in [6.07, 6.45) is 0.803. The van der Waals surface area contributed by atoms with Crippen molar-refractivity contribution in [1.82, 2.24) is 0 Å². The summed E-state index contributed by atoms with van der Waals surface area (Å²) >= 11 is 0. The first kappa shape index (κ1) is 25.9. The minimum Gasteiger partial charge on any atom is -0.473 e. The van der Waals surface area contributed by atoms with Crippen molar-refractivity contribution in [3.63, 3.8) is 0 Å². The van der Waals surface area contributed by atoms with Gasteiger partial charge in [0.05, 0.1) is 0 Å². The van der Waals surface area contributed by atoms with Crippen molar-refractivity contribution in [3.05, 3.63) is 138 Å². The lowest BCUT2D eigenvalue weighted by atomic mass is 9.80. The summed E-state index contributed by atoms with van der Waals surface area (Å²) in [6.45, 7) is 12.1. The van der Waals surface area contributed by atoms with Gasteiger partial charge in [-0.1, -0.05) is 130 Å². The molecule has 4 aromatic rings. The zero-order chi connectivity index (χ0) is 25.7. The average Bonchev–Trinajstić information content (AvgIpc) is 2.89. The van der Waals surface area contributed by atoms with E-state index in [0.29, 0.717) is 6.61 Å². The molecule has 0 atom stereocenters. The molecule has 0 aliphatic rings. The van der Waals surface area contributed by atoms with Gasteiger partial charge >= 0.3 is 0 Å². The van der Waals surface area contributed by atoms with Gasteiger partial charge in [-0.3, -0.25) is 0 Å². The van der Waals surface area contributed by atoms with E-state index in [1.54, 1.807) is 0 Å². The summed E-state index contributed by atoms with van der Waals surface area (Å²) in [4.78, 5) is 0. The molecule has 0 heterocycles. The predicted octanol–water partition coefficient (Wildman–Crippen LogP) is 8.62. The van der Waals surface area contributed by atoms with Crippen LogP contribution in [0.5, 0.6) is 5.75 Å². The molecule has 0 bridgehead atoms. The number of hydrogen-bond acceptors (Lipinski definition) is 2. The first-order valence-electron chi connectivity index (χ1n) is 12.8. The van der Waals surface area contributed by atoms with Crippen molar-refractivity contribution in [2.24, 2.45) is 0 Å². The summed E-state index contributed by atoms with van der Waals surface area (Å²) in [6, 6.07) is 40.0. The minimum atomic E-state index is -1.82. The molecule has 0 N–H and O–H groups in total. The van der Waals surface area contributed by atoms with Gasteiger partial charge in [0, 0.05) is 23.3 Å². The van der Waals surface area contributed by atoms with Crippen LogP contribution in [0.15, 0.2) is 115 Å². The predicted molar refractivity (Wildman–Crippen MR) is 153 cm³/mol. The van der Waals surface area contributed by atoms with Gasteiger partial charge in [-0.25, -0.2) is 0 Å². The molecule has 0 amide bonds. The van der Waals surface area contributed by atoms with Gasteiger partial charge in [0.25, 0.3) is 0 Å². The van der Waals surface area contributed by atoms with E-state index in [1.165, 1.54) is 0 Å². The van der Waals surface area contributed by atoms with Crippen LogP contribution in [0.2, 0.25) is 18.1 Å². The SMILES string of the molecule is CC(C)(C)[Si](C)(C)OCCc1ccccc1OC(c1ccccc1)(c1ccccc1)c1ccccc1. The molecule has 0 radical (unpaired) electrons. The number of hydrogen-bond donors (Lipinski definition) is 0. The molecule has 4 aromatic carbocycles. The van der Waals surface area contributed by atoms with Crippen LogP contribution >= 0.6 is 0 Å². The molecule has 0 aromatic heterocycles. The fourth-order valence-electron chi connectivity index (χ4n) is 4.30. The zero-order valence-electron chi connectivity index (χ0n) is 22.2. The largest absolute Gasteiger partial charge is 0.473 e. The Morgan fingerprint density at radius 1 is 0.583 bits per heavy atom. The third-order valence-corrected chi connectivity index (χ3v) is 12.0. The van der Waals surface area contributed by atoms with E-state index < -0.39 is 13.9 Å². The molecule has 3 heteroatoms. The lowest BCUT2D eigenvalue weighted by Crippen LogP contribution is -2.41. The number of rotatable bonds is 9. The Morgan fingerprint density at radius 2 is 1.00 bits per heavy atom. The summed E-state index contributed by atoms with van der Waals surface area (Å²) in [5.41, 5.74) is 3.64. The number of benzene rings is 4. The highest BCUT2D eigenvalue weighted by atomic mass is 28.4. The fourth-order valence-corrected chi connectivity index (χ4v) is 5.35. The molecule has 2 nitrogen and oxygen atoms in total. The zero-order valence-corrected chi connectivity index (χ0v) is 23.2. The van der Waals surface area contributed by atoms with Crippen LogP contribution in [-0.2, 0) is 16.4 Å². The Kier molecular flexibility index (Phi) is 7.82. The molecule has 0 unspecified atom stereocenters. The van der Waals surface area contributed by atoms with Gasteiger partial charge in [-0.15, -0.1) is 0 Å². The van der Waals surface area contributed by atoms with Crippen LogP contribution in [0.25, 0.3) is 0 Å². The molecule has 0 fully saturated rings. The Morgan fingerprint density at radius 3 is 1.44 bits per heavy atom. The minimum absolute atomic E-state index is 0.187. The average molecular weight is 495 g/mol. The molecular weight excluding hydrogens is 456 g/mol. The van der Waals surface area contributed by atoms with Crippen LogP contribution in [0.1, 0.15) is 43.0 Å². The van der Waals surface area contributed by atoms with Gasteiger partial charge in [-0.05, 0) is 36.2 Å². The highest BCUT2D eigenvalue weighted by Gasteiger charge is 2.40. The van der Waals surface area contributed by atoms with Crippen LogP contribution in [0, 0.1) is 0 Å². The van der Waals surface area contributed by atoms with Crippen LogP contribution in [-0.4, -0.2) is 14.9 Å². The maximum atomic E-state index is 7.20. The fraction of sp³-hybridized carbons (Fsp3) is 0.273. The Labute approximate surface area is 218 Å². The van der Waals surface area contributed by atoms with Gasteiger partial charge in [0.1, 0.15) is 5.75 Å². The third-order valence-electron chi connectivity index (χ3n) is 7.42. The monoisotopic (exact) mass is 494 g/mol. The topological polar surface area (TPSA) is 18.5 Å². The molecule has 0 aliphatic heterocycles. The summed E-state index contributed by atoms with van der Waals surface area (Å²) in [7, 11) is -1.82. The van der Waals surface area contributed by atoms with E-state index in [2.05, 4.69) is 149 Å². The Bertz CT molecular complexity index is 1130. The third kappa shape index (κ3) is 5.48. The second-order valence-electron chi connectivity index (χ2n) is 10.8. The molecule has 0 saturated heterocycles. The van der Waals surface area contributed by atoms with Gasteiger partial charge in [-0.2, -0.15) is 0 Å². The van der Waals surface area contributed by atoms with E-state index in [-0.39, 0.29) is 5.04 Å². The highest BCUT2D eigenvalue weighted by molar-refractivity contribution is 6.74. The van der Waals surface area contributed by atoms with Crippen LogP contribution < -0.4 is 4.74 Å². The van der Waals surface area contributed by atoms with Crippen LogP contribution in [0.3, 0.4) is 0 Å². The van der Waals surface area contributed by atoms with Crippen LogP contribution in [0.4, 0.5) is 0 Å². The summed E-state index contributed by atoms with van der Waals surface area (Å²) in [5.74, 6) is 0.882. The molecule has 186 valence electrons. The van der Waals surface area contributed by atoms with Gasteiger partial charge < -0.3 is 9.16 Å². The highest BCUT2D eigenvalue weighted by Crippen LogP contribution is 2.42. The first-order chi connectivity index (χ1) is 17.2. The molecule has 36 heavy (non-hydrogen) atoms. The van der Waals surface area contributed by atoms with Gasteiger partial charge in [0.15, 0.2) is 13.9 Å². The number of para-hydroxylation sites is 1. The van der Waals surface area contributed by atoms with E-state index in [4.69, 9.17) is 9.16 Å². The van der Waals surface area contributed by atoms with E-state index >= 15 is 0 Å². The maximum absolute atomic E-state index is 7.20. The van der Waals surface area contributed by atoms with Gasteiger partial charge in [0.2, 0.25) is 0 Å². The van der Waals surface area contributed by atoms with Crippen molar-refractivity contribution >= 4 is 8.32 Å².